The van der Waals surface area contributed by atoms with E-state index in [4.69, 9.17) is 47.0 Å². The van der Waals surface area contributed by atoms with E-state index < -0.39 is 9.96 Å². The quantitative estimate of drug-likeness (QED) is 0.404. The Bertz CT molecular complexity index is 660. The molecule has 0 radical (unpaired) electrons. The summed E-state index contributed by atoms with van der Waals surface area (Å²) in [7, 11) is 0. The number of carbonyl (C=O) groups excluding carboxylic acids is 1. The van der Waals surface area contributed by atoms with Gasteiger partial charge in [0, 0.05) is 5.69 Å². The van der Waals surface area contributed by atoms with E-state index in [2.05, 4.69) is 16.0 Å². The average molecular weight is 409 g/mol. The molecule has 122 valence electrons. The number of hydrogen-bond acceptors (Lipinski definition) is 3. The first kappa shape index (κ1) is 18.3. The number of benzene rings is 1. The first-order valence-electron chi connectivity index (χ1n) is 6.40. The SMILES string of the molecule is O=C(NC(NC(=S)Nc1ccccc1)C(Cl)(Cl)Cl)c1cccs1. The van der Waals surface area contributed by atoms with Crippen LogP contribution in [0.25, 0.3) is 0 Å². The third-order valence-electron chi connectivity index (χ3n) is 2.65. The van der Waals surface area contributed by atoms with Crippen LogP contribution in [0.2, 0.25) is 0 Å². The molecule has 1 heterocycles. The third kappa shape index (κ3) is 5.82. The fourth-order valence-corrected chi connectivity index (χ4v) is 2.82. The average Bonchev–Trinajstić information content (AvgIpc) is 3.00. The molecule has 2 rings (SSSR count). The van der Waals surface area contributed by atoms with E-state index in [1.54, 1.807) is 17.5 Å². The minimum absolute atomic E-state index is 0.221. The Kier molecular flexibility index (Phi) is 6.50. The highest BCUT2D eigenvalue weighted by atomic mass is 35.6. The van der Waals surface area contributed by atoms with E-state index in [-0.39, 0.29) is 11.0 Å². The number of thiophene rings is 1. The molecule has 23 heavy (non-hydrogen) atoms. The summed E-state index contributed by atoms with van der Waals surface area (Å²) in [4.78, 5) is 12.6. The number of para-hydroxylation sites is 1. The zero-order valence-electron chi connectivity index (χ0n) is 11.6. The fourth-order valence-electron chi connectivity index (χ4n) is 1.63. The number of amides is 1. The first-order valence-corrected chi connectivity index (χ1v) is 8.82. The van der Waals surface area contributed by atoms with Crippen molar-refractivity contribution in [3.05, 3.63) is 52.7 Å². The van der Waals surface area contributed by atoms with Gasteiger partial charge in [0.25, 0.3) is 5.91 Å². The molecule has 0 fully saturated rings. The van der Waals surface area contributed by atoms with Gasteiger partial charge in [-0.1, -0.05) is 59.1 Å². The molecule has 4 nitrogen and oxygen atoms in total. The summed E-state index contributed by atoms with van der Waals surface area (Å²) in [5, 5.41) is 10.4. The van der Waals surface area contributed by atoms with Crippen LogP contribution in [0.15, 0.2) is 47.8 Å². The summed E-state index contributed by atoms with van der Waals surface area (Å²) in [6, 6.07) is 12.7. The molecular weight excluding hydrogens is 397 g/mol. The molecule has 0 saturated carbocycles. The van der Waals surface area contributed by atoms with E-state index in [0.717, 1.165) is 5.69 Å². The standard InChI is InChI=1S/C14H12Cl3N3OS2/c15-14(16,17)12(19-11(21)10-7-4-8-23-10)20-13(22)18-9-5-2-1-3-6-9/h1-8,12H,(H,19,21)(H2,18,20,22). The van der Waals surface area contributed by atoms with E-state index in [0.29, 0.717) is 4.88 Å². The van der Waals surface area contributed by atoms with E-state index in [9.17, 15) is 4.79 Å². The predicted octanol–water partition coefficient (Wildman–Crippen LogP) is 4.16. The lowest BCUT2D eigenvalue weighted by atomic mass is 10.3. The van der Waals surface area contributed by atoms with Gasteiger partial charge in [-0.15, -0.1) is 11.3 Å². The second-order valence-corrected chi connectivity index (χ2v) is 8.11. The van der Waals surface area contributed by atoms with Crippen molar-refractivity contribution in [3.63, 3.8) is 0 Å². The summed E-state index contributed by atoms with van der Waals surface area (Å²) in [6.07, 6.45) is -0.995. The second-order valence-electron chi connectivity index (χ2n) is 4.39. The molecule has 1 atom stereocenters. The van der Waals surface area contributed by atoms with Gasteiger partial charge in [-0.05, 0) is 35.8 Å². The Morgan fingerprint density at radius 2 is 1.78 bits per heavy atom. The molecule has 1 amide bonds. The molecule has 2 aromatic rings. The number of rotatable bonds is 4. The van der Waals surface area contributed by atoms with Crippen LogP contribution in [0.3, 0.4) is 0 Å². The maximum atomic E-state index is 12.1. The van der Waals surface area contributed by atoms with Crippen LogP contribution in [0.4, 0.5) is 5.69 Å². The van der Waals surface area contributed by atoms with Gasteiger partial charge in [-0.25, -0.2) is 0 Å². The molecule has 0 aliphatic heterocycles. The number of halogens is 3. The van der Waals surface area contributed by atoms with Gasteiger partial charge in [-0.2, -0.15) is 0 Å². The minimum atomic E-state index is -1.78. The monoisotopic (exact) mass is 407 g/mol. The van der Waals surface area contributed by atoms with E-state index >= 15 is 0 Å². The van der Waals surface area contributed by atoms with Gasteiger partial charge in [0.15, 0.2) is 5.11 Å². The Morgan fingerprint density at radius 3 is 2.35 bits per heavy atom. The van der Waals surface area contributed by atoms with Crippen LogP contribution in [-0.2, 0) is 0 Å². The summed E-state index contributed by atoms with van der Waals surface area (Å²) >= 11 is 24.2. The number of carbonyl (C=O) groups is 1. The summed E-state index contributed by atoms with van der Waals surface area (Å²) < 4.78 is -1.78. The highest BCUT2D eigenvalue weighted by molar-refractivity contribution is 7.80. The number of anilines is 1. The maximum absolute atomic E-state index is 12.1. The molecule has 0 spiro atoms. The first-order chi connectivity index (χ1) is 10.9. The third-order valence-corrected chi connectivity index (χ3v) is 4.40. The van der Waals surface area contributed by atoms with E-state index in [1.807, 2.05) is 30.3 Å². The van der Waals surface area contributed by atoms with Gasteiger partial charge >= 0.3 is 0 Å². The van der Waals surface area contributed by atoms with Crippen molar-refractivity contribution in [2.45, 2.75) is 9.96 Å². The van der Waals surface area contributed by atoms with Crippen molar-refractivity contribution in [1.82, 2.24) is 10.6 Å². The topological polar surface area (TPSA) is 53.2 Å². The van der Waals surface area contributed by atoms with Gasteiger partial charge in [-0.3, -0.25) is 4.79 Å². The number of alkyl halides is 3. The van der Waals surface area contributed by atoms with Crippen molar-refractivity contribution in [1.29, 1.82) is 0 Å². The Morgan fingerprint density at radius 1 is 1.09 bits per heavy atom. The van der Waals surface area contributed by atoms with E-state index in [1.165, 1.54) is 11.3 Å². The lowest BCUT2D eigenvalue weighted by Gasteiger charge is -2.27. The largest absolute Gasteiger partial charge is 0.339 e. The minimum Gasteiger partial charge on any atom is -0.339 e. The maximum Gasteiger partial charge on any atom is 0.263 e. The molecule has 0 aliphatic carbocycles. The lowest BCUT2D eigenvalue weighted by molar-refractivity contribution is 0.0938. The van der Waals surface area contributed by atoms with Gasteiger partial charge < -0.3 is 16.0 Å². The van der Waals surface area contributed by atoms with Crippen molar-refractivity contribution in [3.8, 4) is 0 Å². The van der Waals surface area contributed by atoms with Crippen LogP contribution < -0.4 is 16.0 Å². The Labute approximate surface area is 158 Å². The van der Waals surface area contributed by atoms with Crippen LogP contribution in [-0.4, -0.2) is 21.0 Å². The zero-order valence-corrected chi connectivity index (χ0v) is 15.5. The van der Waals surface area contributed by atoms with Crippen LogP contribution >= 0.6 is 58.4 Å². The van der Waals surface area contributed by atoms with Crippen molar-refractivity contribution in [2.75, 3.05) is 5.32 Å². The molecule has 0 bridgehead atoms. The summed E-state index contributed by atoms with van der Waals surface area (Å²) in [6.45, 7) is 0. The van der Waals surface area contributed by atoms with Gasteiger partial charge in [0.2, 0.25) is 3.79 Å². The molecule has 9 heteroatoms. The summed E-state index contributed by atoms with van der Waals surface area (Å²) in [5.41, 5.74) is 0.776. The highest BCUT2D eigenvalue weighted by Gasteiger charge is 2.35. The van der Waals surface area contributed by atoms with Crippen molar-refractivity contribution >= 4 is 75.1 Å². The molecule has 0 aliphatic rings. The van der Waals surface area contributed by atoms with Crippen molar-refractivity contribution < 1.29 is 4.79 Å². The molecule has 1 aromatic heterocycles. The van der Waals surface area contributed by atoms with Gasteiger partial charge in [0.1, 0.15) is 6.17 Å². The van der Waals surface area contributed by atoms with Crippen LogP contribution in [0.1, 0.15) is 9.67 Å². The molecule has 3 N–H and O–H groups in total. The van der Waals surface area contributed by atoms with Crippen LogP contribution in [0.5, 0.6) is 0 Å². The number of hydrogen-bond donors (Lipinski definition) is 3. The smallest absolute Gasteiger partial charge is 0.263 e. The number of nitrogens with one attached hydrogen (secondary N) is 3. The Hall–Kier alpha value is -1.05. The fraction of sp³-hybridized carbons (Fsp3) is 0.143. The predicted molar refractivity (Wildman–Crippen MR) is 102 cm³/mol. The normalized spacial score (nSPS) is 12.3. The lowest BCUT2D eigenvalue weighted by Crippen LogP contribution is -2.56. The summed E-state index contributed by atoms with van der Waals surface area (Å²) in [5.74, 6) is -0.355. The molecular formula is C14H12Cl3N3OS2. The highest BCUT2D eigenvalue weighted by Crippen LogP contribution is 2.29. The zero-order chi connectivity index (χ0) is 16.9. The van der Waals surface area contributed by atoms with Crippen molar-refractivity contribution in [2.24, 2.45) is 0 Å². The number of thiocarbonyl (C=S) groups is 1. The molecule has 1 aromatic carbocycles. The molecule has 0 saturated heterocycles. The van der Waals surface area contributed by atoms with Crippen LogP contribution in [0, 0.1) is 0 Å². The second kappa shape index (κ2) is 8.17. The Balaban J connectivity index is 2.01. The van der Waals surface area contributed by atoms with Gasteiger partial charge in [0.05, 0.1) is 4.88 Å². The molecule has 1 unspecified atom stereocenters.